The Hall–Kier alpha value is -1.95. The molecule has 2 N–H and O–H groups in total. The predicted octanol–water partition coefficient (Wildman–Crippen LogP) is 1.85. The molecule has 27 heavy (non-hydrogen) atoms. The summed E-state index contributed by atoms with van der Waals surface area (Å²) in [5.74, 6) is 0.526. The molecule has 0 radical (unpaired) electrons. The number of anilines is 1. The number of hydrogen-bond donors (Lipinski definition) is 2. The second-order valence-electron chi connectivity index (χ2n) is 7.91. The van der Waals surface area contributed by atoms with E-state index in [9.17, 15) is 14.0 Å². The molecule has 0 unspecified atom stereocenters. The fourth-order valence-corrected chi connectivity index (χ4v) is 4.21. The van der Waals surface area contributed by atoms with Crippen LogP contribution in [0.5, 0.6) is 0 Å². The van der Waals surface area contributed by atoms with E-state index in [2.05, 4.69) is 5.32 Å². The third-order valence-electron chi connectivity index (χ3n) is 5.83. The summed E-state index contributed by atoms with van der Waals surface area (Å²) >= 11 is 0. The Bertz CT molecular complexity index is 638. The lowest BCUT2D eigenvalue weighted by Gasteiger charge is -2.32. The van der Waals surface area contributed by atoms with Crippen molar-refractivity contribution in [3.8, 4) is 0 Å². The molecule has 2 aliphatic rings. The van der Waals surface area contributed by atoms with E-state index in [0.29, 0.717) is 31.7 Å². The molecule has 0 atom stereocenters. The van der Waals surface area contributed by atoms with Crippen molar-refractivity contribution in [1.82, 2.24) is 4.90 Å². The molecule has 0 spiro atoms. The number of carbonyl (C=O) groups excluding carboxylic acids is 2. The number of piperazine rings is 1. The van der Waals surface area contributed by atoms with Gasteiger partial charge in [-0.1, -0.05) is 38.2 Å². The van der Waals surface area contributed by atoms with Crippen LogP contribution in [0.25, 0.3) is 0 Å². The first-order valence-electron chi connectivity index (χ1n) is 10.3. The summed E-state index contributed by atoms with van der Waals surface area (Å²) in [5, 5.41) is 2.74. The molecular formula is C21H31FN3O2+. The molecule has 2 fully saturated rings. The van der Waals surface area contributed by atoms with Crippen molar-refractivity contribution in [1.29, 1.82) is 0 Å². The molecule has 0 aromatic heterocycles. The Morgan fingerprint density at radius 3 is 2.59 bits per heavy atom. The van der Waals surface area contributed by atoms with Crippen LogP contribution >= 0.6 is 0 Å². The number of hydrogen-bond acceptors (Lipinski definition) is 2. The first-order chi connectivity index (χ1) is 13.1. The third kappa shape index (κ3) is 6.31. The molecule has 1 aromatic carbocycles. The molecule has 1 aromatic rings. The molecule has 6 heteroatoms. The maximum absolute atomic E-state index is 13.2. The average Bonchev–Trinajstić information content (AvgIpc) is 2.67. The van der Waals surface area contributed by atoms with Crippen LogP contribution in [0, 0.1) is 11.7 Å². The van der Waals surface area contributed by atoms with Crippen LogP contribution in [0.4, 0.5) is 10.1 Å². The highest BCUT2D eigenvalue weighted by atomic mass is 19.1. The van der Waals surface area contributed by atoms with Crippen LogP contribution in [0.1, 0.15) is 44.9 Å². The highest BCUT2D eigenvalue weighted by molar-refractivity contribution is 5.91. The van der Waals surface area contributed by atoms with Crippen molar-refractivity contribution >= 4 is 17.5 Å². The number of halogens is 1. The maximum Gasteiger partial charge on any atom is 0.279 e. The number of rotatable bonds is 6. The molecule has 1 heterocycles. The van der Waals surface area contributed by atoms with Crippen LogP contribution < -0.4 is 10.2 Å². The lowest BCUT2D eigenvalue weighted by Crippen LogP contribution is -3.15. The summed E-state index contributed by atoms with van der Waals surface area (Å²) in [4.78, 5) is 27.7. The average molecular weight is 376 g/mol. The van der Waals surface area contributed by atoms with Gasteiger partial charge < -0.3 is 15.1 Å². The molecule has 1 aliphatic heterocycles. The number of nitrogens with one attached hydrogen (secondary N) is 2. The van der Waals surface area contributed by atoms with E-state index in [-0.39, 0.29) is 17.6 Å². The number of quaternary nitrogens is 1. The fraction of sp³-hybridized carbons (Fsp3) is 0.619. The second kappa shape index (κ2) is 9.83. The van der Waals surface area contributed by atoms with E-state index in [1.807, 2.05) is 4.90 Å². The Morgan fingerprint density at radius 2 is 1.89 bits per heavy atom. The van der Waals surface area contributed by atoms with Crippen LogP contribution in [0.3, 0.4) is 0 Å². The summed E-state index contributed by atoms with van der Waals surface area (Å²) in [7, 11) is 0. The maximum atomic E-state index is 13.2. The van der Waals surface area contributed by atoms with Gasteiger partial charge in [0.05, 0.1) is 26.2 Å². The van der Waals surface area contributed by atoms with Crippen LogP contribution in [0.2, 0.25) is 0 Å². The summed E-state index contributed by atoms with van der Waals surface area (Å²) in [6.07, 6.45) is 8.25. The van der Waals surface area contributed by atoms with Gasteiger partial charge in [0.15, 0.2) is 6.54 Å². The second-order valence-corrected chi connectivity index (χ2v) is 7.91. The zero-order chi connectivity index (χ0) is 19.1. The molecule has 3 rings (SSSR count). The van der Waals surface area contributed by atoms with Crippen molar-refractivity contribution in [2.24, 2.45) is 5.92 Å². The van der Waals surface area contributed by atoms with E-state index in [0.717, 1.165) is 25.4 Å². The number of nitrogens with zero attached hydrogens (tertiary/aromatic N) is 1. The fourth-order valence-electron chi connectivity index (χ4n) is 4.21. The number of amides is 2. The largest absolute Gasteiger partial charge is 0.331 e. The van der Waals surface area contributed by atoms with E-state index in [4.69, 9.17) is 0 Å². The van der Waals surface area contributed by atoms with E-state index < -0.39 is 0 Å². The molecule has 1 saturated heterocycles. The summed E-state index contributed by atoms with van der Waals surface area (Å²) in [5.41, 5.74) is 0.482. The van der Waals surface area contributed by atoms with Gasteiger partial charge in [0.2, 0.25) is 5.91 Å². The van der Waals surface area contributed by atoms with Gasteiger partial charge in [-0.25, -0.2) is 4.39 Å². The summed E-state index contributed by atoms with van der Waals surface area (Å²) in [6.45, 7) is 3.34. The van der Waals surface area contributed by atoms with Gasteiger partial charge in [-0.05, 0) is 30.5 Å². The van der Waals surface area contributed by atoms with Crippen LogP contribution in [0.15, 0.2) is 24.3 Å². The molecule has 1 saturated carbocycles. The SMILES string of the molecule is O=C(C[NH+]1CCN(C(=O)CCC2CCCCC2)CC1)Nc1cccc(F)c1. The standard InChI is InChI=1S/C21H30FN3O2/c22-18-7-4-8-19(15-18)23-20(26)16-24-11-13-25(14-12-24)21(27)10-9-17-5-2-1-3-6-17/h4,7-8,15,17H,1-3,5-6,9-14,16H2,(H,23,26)/p+1. The molecule has 5 nitrogen and oxygen atoms in total. The lowest BCUT2D eigenvalue weighted by molar-refractivity contribution is -0.895. The van der Waals surface area contributed by atoms with E-state index >= 15 is 0 Å². The summed E-state index contributed by atoms with van der Waals surface area (Å²) in [6, 6.07) is 5.93. The zero-order valence-corrected chi connectivity index (χ0v) is 16.0. The number of benzene rings is 1. The van der Waals surface area contributed by atoms with Crippen molar-refractivity contribution in [3.63, 3.8) is 0 Å². The molecule has 1 aliphatic carbocycles. The van der Waals surface area contributed by atoms with Gasteiger partial charge in [0.1, 0.15) is 5.82 Å². The lowest BCUT2D eigenvalue weighted by atomic mass is 9.86. The smallest absolute Gasteiger partial charge is 0.279 e. The van der Waals surface area contributed by atoms with Crippen molar-refractivity contribution < 1.29 is 18.9 Å². The van der Waals surface area contributed by atoms with Crippen molar-refractivity contribution in [2.75, 3.05) is 38.0 Å². The Morgan fingerprint density at radius 1 is 1.15 bits per heavy atom. The van der Waals surface area contributed by atoms with Gasteiger partial charge in [0, 0.05) is 12.1 Å². The molecular weight excluding hydrogens is 345 g/mol. The van der Waals surface area contributed by atoms with Gasteiger partial charge in [0.25, 0.3) is 5.91 Å². The van der Waals surface area contributed by atoms with Crippen LogP contribution in [-0.4, -0.2) is 49.4 Å². The molecule has 2 amide bonds. The van der Waals surface area contributed by atoms with Gasteiger partial charge in [-0.15, -0.1) is 0 Å². The Labute approximate surface area is 160 Å². The normalized spacial score (nSPS) is 19.1. The van der Waals surface area contributed by atoms with Crippen molar-refractivity contribution in [2.45, 2.75) is 44.9 Å². The highest BCUT2D eigenvalue weighted by Crippen LogP contribution is 2.27. The third-order valence-corrected chi connectivity index (χ3v) is 5.83. The number of carbonyl (C=O) groups is 2. The van der Waals surface area contributed by atoms with Gasteiger partial charge in [-0.3, -0.25) is 9.59 Å². The molecule has 148 valence electrons. The first-order valence-corrected chi connectivity index (χ1v) is 10.3. The Kier molecular flexibility index (Phi) is 7.21. The minimum absolute atomic E-state index is 0.118. The predicted molar refractivity (Wildman–Crippen MR) is 103 cm³/mol. The first kappa shape index (κ1) is 19.8. The highest BCUT2D eigenvalue weighted by Gasteiger charge is 2.25. The quantitative estimate of drug-likeness (QED) is 0.796. The van der Waals surface area contributed by atoms with Gasteiger partial charge >= 0.3 is 0 Å². The van der Waals surface area contributed by atoms with Crippen molar-refractivity contribution in [3.05, 3.63) is 30.1 Å². The van der Waals surface area contributed by atoms with E-state index in [1.165, 1.54) is 49.1 Å². The van der Waals surface area contributed by atoms with E-state index in [1.54, 1.807) is 12.1 Å². The minimum Gasteiger partial charge on any atom is -0.331 e. The summed E-state index contributed by atoms with van der Waals surface area (Å²) < 4.78 is 13.2. The zero-order valence-electron chi connectivity index (χ0n) is 16.0. The van der Waals surface area contributed by atoms with Gasteiger partial charge in [-0.2, -0.15) is 0 Å². The van der Waals surface area contributed by atoms with Crippen LogP contribution in [-0.2, 0) is 9.59 Å². The monoisotopic (exact) mass is 376 g/mol. The Balaban J connectivity index is 1.35. The minimum atomic E-state index is -0.361. The molecule has 0 bridgehead atoms. The topological polar surface area (TPSA) is 53.9 Å².